The van der Waals surface area contributed by atoms with Gasteiger partial charge in [-0.25, -0.2) is 0 Å². The highest BCUT2D eigenvalue weighted by atomic mass is 35.5. The van der Waals surface area contributed by atoms with Gasteiger partial charge in [-0.2, -0.15) is 0 Å². The molecule has 0 spiro atoms. The van der Waals surface area contributed by atoms with Crippen molar-refractivity contribution in [3.05, 3.63) is 56.7 Å². The third kappa shape index (κ3) is 2.14. The van der Waals surface area contributed by atoms with Crippen molar-refractivity contribution in [3.63, 3.8) is 0 Å². The Morgan fingerprint density at radius 1 is 1.31 bits per heavy atom. The summed E-state index contributed by atoms with van der Waals surface area (Å²) in [5.74, 6) is 0. The number of halogens is 1. The van der Waals surface area contributed by atoms with Crippen LogP contribution in [0, 0.1) is 0 Å². The van der Waals surface area contributed by atoms with Crippen molar-refractivity contribution in [1.82, 2.24) is 0 Å². The topological polar surface area (TPSA) is 20.2 Å². The van der Waals surface area contributed by atoms with E-state index in [1.807, 2.05) is 35.7 Å². The molecule has 1 unspecified atom stereocenters. The summed E-state index contributed by atoms with van der Waals surface area (Å²) in [6.07, 6.45) is 0.305. The van der Waals surface area contributed by atoms with E-state index in [1.165, 1.54) is 16.9 Å². The van der Waals surface area contributed by atoms with Crippen LogP contribution in [0.5, 0.6) is 0 Å². The normalized spacial score (nSPS) is 12.7. The first-order valence-electron chi connectivity index (χ1n) is 5.22. The van der Waals surface area contributed by atoms with Gasteiger partial charge in [-0.05, 0) is 29.0 Å². The van der Waals surface area contributed by atoms with Gasteiger partial charge in [0.2, 0.25) is 0 Å². The minimum absolute atomic E-state index is 0.608. The maximum Gasteiger partial charge on any atom is 0.115 e. The van der Waals surface area contributed by atoms with E-state index in [-0.39, 0.29) is 0 Å². The van der Waals surface area contributed by atoms with Crippen molar-refractivity contribution >= 4 is 22.9 Å². The maximum atomic E-state index is 10.3. The Bertz CT molecular complexity index is 478. The first-order chi connectivity index (χ1) is 7.74. The fourth-order valence-electron chi connectivity index (χ4n) is 1.76. The summed E-state index contributed by atoms with van der Waals surface area (Å²) >= 11 is 7.52. The van der Waals surface area contributed by atoms with Crippen LogP contribution in [0.1, 0.15) is 29.0 Å². The molecule has 1 N–H and O–H groups in total. The van der Waals surface area contributed by atoms with Crippen LogP contribution in [0.25, 0.3) is 0 Å². The Labute approximate surface area is 104 Å². The van der Waals surface area contributed by atoms with Gasteiger partial charge < -0.3 is 5.11 Å². The number of aliphatic hydroxyl groups excluding tert-OH is 1. The van der Waals surface area contributed by atoms with E-state index in [9.17, 15) is 5.11 Å². The van der Waals surface area contributed by atoms with Crippen LogP contribution in [-0.2, 0) is 6.42 Å². The number of rotatable bonds is 3. The number of aryl methyl sites for hydroxylation is 1. The van der Waals surface area contributed by atoms with Crippen molar-refractivity contribution < 1.29 is 5.11 Å². The van der Waals surface area contributed by atoms with Gasteiger partial charge in [0.05, 0.1) is 9.90 Å². The Morgan fingerprint density at radius 2 is 2.06 bits per heavy atom. The van der Waals surface area contributed by atoms with Crippen molar-refractivity contribution in [2.45, 2.75) is 19.4 Å². The summed E-state index contributed by atoms with van der Waals surface area (Å²) in [4.78, 5) is 0.822. The average Bonchev–Trinajstić information content (AvgIpc) is 2.74. The van der Waals surface area contributed by atoms with Crippen molar-refractivity contribution in [1.29, 1.82) is 0 Å². The SMILES string of the molecule is CCc1ccccc1C(O)c1sccc1Cl. The molecule has 0 fully saturated rings. The van der Waals surface area contributed by atoms with E-state index < -0.39 is 6.10 Å². The molecule has 1 aromatic carbocycles. The van der Waals surface area contributed by atoms with Gasteiger partial charge in [0.15, 0.2) is 0 Å². The van der Waals surface area contributed by atoms with Gasteiger partial charge in [0, 0.05) is 0 Å². The van der Waals surface area contributed by atoms with Gasteiger partial charge in [-0.1, -0.05) is 42.8 Å². The third-order valence-electron chi connectivity index (χ3n) is 2.62. The molecule has 16 heavy (non-hydrogen) atoms. The lowest BCUT2D eigenvalue weighted by molar-refractivity contribution is 0.223. The lowest BCUT2D eigenvalue weighted by Gasteiger charge is -2.13. The van der Waals surface area contributed by atoms with E-state index in [1.54, 1.807) is 0 Å². The summed E-state index contributed by atoms with van der Waals surface area (Å²) in [6.45, 7) is 2.08. The first kappa shape index (κ1) is 11.6. The number of aliphatic hydroxyl groups is 1. The smallest absolute Gasteiger partial charge is 0.115 e. The van der Waals surface area contributed by atoms with Gasteiger partial charge in [-0.3, -0.25) is 0 Å². The molecule has 0 saturated carbocycles. The maximum absolute atomic E-state index is 10.3. The number of hydrogen-bond acceptors (Lipinski definition) is 2. The zero-order valence-corrected chi connectivity index (χ0v) is 10.6. The molecule has 3 heteroatoms. The molecule has 84 valence electrons. The van der Waals surface area contributed by atoms with Crippen LogP contribution in [0.4, 0.5) is 0 Å². The van der Waals surface area contributed by atoms with E-state index in [2.05, 4.69) is 6.92 Å². The van der Waals surface area contributed by atoms with E-state index >= 15 is 0 Å². The Hall–Kier alpha value is -0.830. The highest BCUT2D eigenvalue weighted by Gasteiger charge is 2.17. The monoisotopic (exact) mass is 252 g/mol. The van der Waals surface area contributed by atoms with Gasteiger partial charge in [0.1, 0.15) is 6.10 Å². The third-order valence-corrected chi connectivity index (χ3v) is 4.03. The highest BCUT2D eigenvalue weighted by Crippen LogP contribution is 2.34. The molecule has 0 saturated heterocycles. The van der Waals surface area contributed by atoms with Crippen molar-refractivity contribution in [2.75, 3.05) is 0 Å². The molecule has 2 rings (SSSR count). The Morgan fingerprint density at radius 3 is 2.69 bits per heavy atom. The molecule has 0 bridgehead atoms. The summed E-state index contributed by atoms with van der Waals surface area (Å²) in [7, 11) is 0. The van der Waals surface area contributed by atoms with Crippen LogP contribution in [0.15, 0.2) is 35.7 Å². The number of benzene rings is 1. The minimum Gasteiger partial charge on any atom is -0.383 e. The fraction of sp³-hybridized carbons (Fsp3) is 0.231. The zero-order valence-electron chi connectivity index (χ0n) is 8.98. The molecule has 0 aliphatic heterocycles. The average molecular weight is 253 g/mol. The molecule has 1 nitrogen and oxygen atoms in total. The molecule has 1 aromatic heterocycles. The predicted octanol–water partition coefficient (Wildman–Crippen LogP) is 4.05. The summed E-state index contributed by atoms with van der Waals surface area (Å²) in [5.41, 5.74) is 2.12. The zero-order chi connectivity index (χ0) is 11.5. The Kier molecular flexibility index (Phi) is 3.64. The quantitative estimate of drug-likeness (QED) is 0.874. The van der Waals surface area contributed by atoms with Gasteiger partial charge >= 0.3 is 0 Å². The second-order valence-electron chi connectivity index (χ2n) is 3.59. The molecule has 1 atom stereocenters. The molecule has 2 aromatic rings. The standard InChI is InChI=1S/C13H13ClOS/c1-2-9-5-3-4-6-10(9)12(15)13-11(14)7-8-16-13/h3-8,12,15H,2H2,1H3. The second-order valence-corrected chi connectivity index (χ2v) is 4.94. The van der Waals surface area contributed by atoms with E-state index in [0.717, 1.165) is 16.9 Å². The van der Waals surface area contributed by atoms with Crippen molar-refractivity contribution in [2.24, 2.45) is 0 Å². The highest BCUT2D eigenvalue weighted by molar-refractivity contribution is 7.10. The molecular weight excluding hydrogens is 240 g/mol. The fourth-order valence-corrected chi connectivity index (χ4v) is 2.93. The second kappa shape index (κ2) is 5.00. The lowest BCUT2D eigenvalue weighted by Crippen LogP contribution is -2.01. The summed E-state index contributed by atoms with van der Waals surface area (Å²) in [6, 6.07) is 9.75. The van der Waals surface area contributed by atoms with Crippen LogP contribution in [0.2, 0.25) is 5.02 Å². The van der Waals surface area contributed by atoms with E-state index in [4.69, 9.17) is 11.6 Å². The Balaban J connectivity index is 2.41. The van der Waals surface area contributed by atoms with Gasteiger partial charge in [0.25, 0.3) is 0 Å². The van der Waals surface area contributed by atoms with Crippen LogP contribution in [0.3, 0.4) is 0 Å². The predicted molar refractivity (Wildman–Crippen MR) is 69.2 cm³/mol. The van der Waals surface area contributed by atoms with Crippen LogP contribution >= 0.6 is 22.9 Å². The minimum atomic E-state index is -0.608. The molecule has 0 radical (unpaired) electrons. The lowest BCUT2D eigenvalue weighted by atomic mass is 10.00. The molecule has 0 amide bonds. The largest absolute Gasteiger partial charge is 0.383 e. The summed E-state index contributed by atoms with van der Waals surface area (Å²) < 4.78 is 0. The molecule has 0 aliphatic rings. The summed E-state index contributed by atoms with van der Waals surface area (Å²) in [5, 5.41) is 12.8. The van der Waals surface area contributed by atoms with Crippen LogP contribution < -0.4 is 0 Å². The first-order valence-corrected chi connectivity index (χ1v) is 6.48. The molecular formula is C13H13ClOS. The van der Waals surface area contributed by atoms with Crippen molar-refractivity contribution in [3.8, 4) is 0 Å². The van der Waals surface area contributed by atoms with E-state index in [0.29, 0.717) is 5.02 Å². The molecule has 1 heterocycles. The number of thiophene rings is 1. The molecule has 0 aliphatic carbocycles. The number of hydrogen-bond donors (Lipinski definition) is 1. The van der Waals surface area contributed by atoms with Crippen LogP contribution in [-0.4, -0.2) is 5.11 Å². The van der Waals surface area contributed by atoms with Gasteiger partial charge in [-0.15, -0.1) is 11.3 Å².